The van der Waals surface area contributed by atoms with Crippen molar-refractivity contribution in [3.63, 3.8) is 0 Å². The van der Waals surface area contributed by atoms with E-state index in [1.54, 1.807) is 12.1 Å². The standard InChI is InChI=1S/C20H25N3O9S/c1-33(28,29)32-12-11-31-10-9-30-8-7-21-14-4-2-3-13-17(14)20(27)23(19(13)26)15-5-6-16(24)22-18(15)25/h2-4,15,21H,5-12H2,1H3,(H,22,24,25). The summed E-state index contributed by atoms with van der Waals surface area (Å²) in [4.78, 5) is 50.2. The van der Waals surface area contributed by atoms with Gasteiger partial charge in [0, 0.05) is 18.7 Å². The fraction of sp³-hybridized carbons (Fsp3) is 0.500. The minimum Gasteiger partial charge on any atom is -0.382 e. The summed E-state index contributed by atoms with van der Waals surface area (Å²) in [5, 5.41) is 5.22. The van der Waals surface area contributed by atoms with Crippen molar-refractivity contribution in [3.8, 4) is 0 Å². The molecule has 2 heterocycles. The highest BCUT2D eigenvalue weighted by Crippen LogP contribution is 2.32. The van der Waals surface area contributed by atoms with Crippen molar-refractivity contribution in [3.05, 3.63) is 29.3 Å². The highest BCUT2D eigenvalue weighted by Gasteiger charge is 2.45. The Balaban J connectivity index is 1.46. The fourth-order valence-electron chi connectivity index (χ4n) is 3.49. The van der Waals surface area contributed by atoms with E-state index in [1.165, 1.54) is 6.07 Å². The summed E-state index contributed by atoms with van der Waals surface area (Å²) in [5.74, 6) is -2.24. The van der Waals surface area contributed by atoms with E-state index in [1.807, 2.05) is 0 Å². The zero-order valence-corrected chi connectivity index (χ0v) is 18.8. The first-order chi connectivity index (χ1) is 15.7. The molecule has 0 radical (unpaired) electrons. The summed E-state index contributed by atoms with van der Waals surface area (Å²) >= 11 is 0. The van der Waals surface area contributed by atoms with Crippen LogP contribution >= 0.6 is 0 Å². The molecule has 0 aromatic heterocycles. The molecule has 0 bridgehead atoms. The van der Waals surface area contributed by atoms with Gasteiger partial charge in [0.25, 0.3) is 21.9 Å². The van der Waals surface area contributed by atoms with Crippen molar-refractivity contribution < 1.29 is 41.3 Å². The van der Waals surface area contributed by atoms with Crippen molar-refractivity contribution in [1.82, 2.24) is 10.2 Å². The van der Waals surface area contributed by atoms with Crippen LogP contribution in [0.3, 0.4) is 0 Å². The van der Waals surface area contributed by atoms with Gasteiger partial charge in [0.15, 0.2) is 0 Å². The molecule has 1 unspecified atom stereocenters. The Hall–Kier alpha value is -2.87. The number of hydrogen-bond acceptors (Lipinski definition) is 10. The molecule has 0 aliphatic carbocycles. The van der Waals surface area contributed by atoms with E-state index in [2.05, 4.69) is 14.8 Å². The van der Waals surface area contributed by atoms with Crippen molar-refractivity contribution in [1.29, 1.82) is 0 Å². The normalized spacial score (nSPS) is 18.5. The van der Waals surface area contributed by atoms with Gasteiger partial charge in [-0.25, -0.2) is 0 Å². The number of amides is 4. The number of nitrogens with one attached hydrogen (secondary N) is 2. The molecular weight excluding hydrogens is 458 g/mol. The molecule has 2 aliphatic rings. The SMILES string of the molecule is CS(=O)(=O)OCCOCCOCCNc1cccc2c1C(=O)N(C1CCC(=O)NC1=O)C2=O. The van der Waals surface area contributed by atoms with Gasteiger partial charge in [-0.15, -0.1) is 0 Å². The number of piperidine rings is 1. The molecule has 1 aromatic carbocycles. The van der Waals surface area contributed by atoms with Crippen molar-refractivity contribution in [2.24, 2.45) is 0 Å². The second-order valence-corrected chi connectivity index (χ2v) is 9.00. The first-order valence-electron chi connectivity index (χ1n) is 10.3. The summed E-state index contributed by atoms with van der Waals surface area (Å²) in [6, 6.07) is 3.79. The van der Waals surface area contributed by atoms with Crippen LogP contribution in [0.5, 0.6) is 0 Å². The maximum absolute atomic E-state index is 13.0. The third-order valence-corrected chi connectivity index (χ3v) is 5.52. The Kier molecular flexibility index (Phi) is 8.13. The summed E-state index contributed by atoms with van der Waals surface area (Å²) < 4.78 is 36.8. The Morgan fingerprint density at radius 3 is 2.42 bits per heavy atom. The summed E-state index contributed by atoms with van der Waals surface area (Å²) in [5.41, 5.74) is 0.820. The monoisotopic (exact) mass is 483 g/mol. The number of ether oxygens (including phenoxy) is 2. The Morgan fingerprint density at radius 2 is 1.73 bits per heavy atom. The minimum atomic E-state index is -3.48. The topological polar surface area (TPSA) is 157 Å². The number of carbonyl (C=O) groups is 4. The lowest BCUT2D eigenvalue weighted by atomic mass is 10.0. The highest BCUT2D eigenvalue weighted by molar-refractivity contribution is 7.85. The first-order valence-corrected chi connectivity index (χ1v) is 12.1. The average Bonchev–Trinajstić information content (AvgIpc) is 3.00. The number of nitrogens with zero attached hydrogens (tertiary/aromatic N) is 1. The minimum absolute atomic E-state index is 0.0563. The molecule has 4 amide bonds. The van der Waals surface area contributed by atoms with E-state index in [0.29, 0.717) is 12.2 Å². The molecule has 12 nitrogen and oxygen atoms in total. The van der Waals surface area contributed by atoms with Gasteiger partial charge in [-0.3, -0.25) is 33.6 Å². The van der Waals surface area contributed by atoms with Crippen LogP contribution in [0.25, 0.3) is 0 Å². The lowest BCUT2D eigenvalue weighted by Crippen LogP contribution is -2.54. The molecule has 1 fully saturated rings. The fourth-order valence-corrected chi connectivity index (χ4v) is 3.86. The number of rotatable bonds is 12. The quantitative estimate of drug-likeness (QED) is 0.226. The summed E-state index contributed by atoms with van der Waals surface area (Å²) in [7, 11) is -3.48. The maximum Gasteiger partial charge on any atom is 0.264 e. The predicted octanol–water partition coefficient (Wildman–Crippen LogP) is -0.491. The molecule has 1 atom stereocenters. The van der Waals surface area contributed by atoms with Crippen LogP contribution < -0.4 is 10.6 Å². The van der Waals surface area contributed by atoms with Crippen LogP contribution in [0.2, 0.25) is 0 Å². The second kappa shape index (κ2) is 10.8. The number of benzene rings is 1. The Bertz CT molecular complexity index is 1040. The van der Waals surface area contributed by atoms with Gasteiger partial charge in [-0.2, -0.15) is 8.42 Å². The van der Waals surface area contributed by atoms with Gasteiger partial charge in [0.2, 0.25) is 11.8 Å². The molecule has 2 aliphatic heterocycles. The lowest BCUT2D eigenvalue weighted by Gasteiger charge is -2.27. The highest BCUT2D eigenvalue weighted by atomic mass is 32.2. The Morgan fingerprint density at radius 1 is 1.03 bits per heavy atom. The molecule has 1 saturated heterocycles. The van der Waals surface area contributed by atoms with Gasteiger partial charge in [0.1, 0.15) is 6.04 Å². The predicted molar refractivity (Wildman–Crippen MR) is 114 cm³/mol. The van der Waals surface area contributed by atoms with E-state index in [9.17, 15) is 27.6 Å². The van der Waals surface area contributed by atoms with Gasteiger partial charge in [-0.1, -0.05) is 6.07 Å². The maximum atomic E-state index is 13.0. The Labute approximate surface area is 190 Å². The number of hydrogen-bond donors (Lipinski definition) is 2. The number of anilines is 1. The van der Waals surface area contributed by atoms with E-state index in [-0.39, 0.29) is 57.0 Å². The smallest absolute Gasteiger partial charge is 0.264 e. The van der Waals surface area contributed by atoms with Gasteiger partial charge >= 0.3 is 0 Å². The number of imide groups is 2. The van der Waals surface area contributed by atoms with Crippen LogP contribution in [0.1, 0.15) is 33.6 Å². The second-order valence-electron chi connectivity index (χ2n) is 7.35. The zero-order valence-electron chi connectivity index (χ0n) is 18.0. The molecule has 33 heavy (non-hydrogen) atoms. The number of carbonyl (C=O) groups excluding carboxylic acids is 4. The third kappa shape index (κ3) is 6.35. The van der Waals surface area contributed by atoms with Gasteiger partial charge in [-0.05, 0) is 18.6 Å². The molecule has 3 rings (SSSR count). The van der Waals surface area contributed by atoms with E-state index in [0.717, 1.165) is 11.2 Å². The van der Waals surface area contributed by atoms with Crippen LogP contribution in [0, 0.1) is 0 Å². The molecule has 0 spiro atoms. The van der Waals surface area contributed by atoms with Crippen LogP contribution in [0.4, 0.5) is 5.69 Å². The van der Waals surface area contributed by atoms with Crippen molar-refractivity contribution in [2.45, 2.75) is 18.9 Å². The first kappa shape index (κ1) is 24.8. The molecular formula is C20H25N3O9S. The van der Waals surface area contributed by atoms with Crippen LogP contribution in [-0.2, 0) is 33.4 Å². The molecule has 1 aromatic rings. The van der Waals surface area contributed by atoms with E-state index >= 15 is 0 Å². The van der Waals surface area contributed by atoms with Crippen molar-refractivity contribution >= 4 is 39.4 Å². The molecule has 13 heteroatoms. The van der Waals surface area contributed by atoms with Gasteiger partial charge < -0.3 is 14.8 Å². The summed E-state index contributed by atoms with van der Waals surface area (Å²) in [6.07, 6.45) is 1.11. The van der Waals surface area contributed by atoms with Crippen molar-refractivity contribution in [2.75, 3.05) is 51.2 Å². The van der Waals surface area contributed by atoms with E-state index < -0.39 is 39.8 Å². The largest absolute Gasteiger partial charge is 0.382 e. The van der Waals surface area contributed by atoms with E-state index in [4.69, 9.17) is 9.47 Å². The van der Waals surface area contributed by atoms with Crippen LogP contribution in [0.15, 0.2) is 18.2 Å². The molecule has 180 valence electrons. The average molecular weight is 483 g/mol. The lowest BCUT2D eigenvalue weighted by molar-refractivity contribution is -0.136. The molecule has 2 N–H and O–H groups in total. The molecule has 0 saturated carbocycles. The number of fused-ring (bicyclic) bond motifs is 1. The van der Waals surface area contributed by atoms with Gasteiger partial charge in [0.05, 0.1) is 50.4 Å². The summed E-state index contributed by atoms with van der Waals surface area (Å²) in [6.45, 7) is 1.20. The third-order valence-electron chi connectivity index (χ3n) is 4.93. The van der Waals surface area contributed by atoms with Crippen LogP contribution in [-0.4, -0.2) is 88.8 Å². The zero-order chi connectivity index (χ0) is 24.0.